The van der Waals surface area contributed by atoms with Gasteiger partial charge in [-0.05, 0) is 38.7 Å². The van der Waals surface area contributed by atoms with Crippen LogP contribution >= 0.6 is 24.8 Å². The molecule has 3 rings (SSSR count). The van der Waals surface area contributed by atoms with Crippen molar-refractivity contribution >= 4 is 36.5 Å². The number of aromatic nitrogens is 4. The SMILES string of the molecule is Cc1ccnc2nc(C(=O)NC3CCC(N)CC3)nn12.Cl.Cl. The first-order chi connectivity index (χ1) is 9.63. The van der Waals surface area contributed by atoms with Crippen LogP contribution in [0.3, 0.4) is 0 Å². The normalized spacial score (nSPS) is 20.8. The van der Waals surface area contributed by atoms with Crippen LogP contribution < -0.4 is 11.1 Å². The van der Waals surface area contributed by atoms with E-state index < -0.39 is 0 Å². The number of nitrogens with zero attached hydrogens (tertiary/aromatic N) is 4. The number of rotatable bonds is 2. The van der Waals surface area contributed by atoms with Gasteiger partial charge in [0.15, 0.2) is 0 Å². The monoisotopic (exact) mass is 346 g/mol. The third kappa shape index (κ3) is 3.85. The van der Waals surface area contributed by atoms with E-state index in [-0.39, 0.29) is 48.6 Å². The van der Waals surface area contributed by atoms with Crippen molar-refractivity contribution in [3.63, 3.8) is 0 Å². The fourth-order valence-electron chi connectivity index (χ4n) is 2.52. The second kappa shape index (κ2) is 7.71. The first-order valence-corrected chi connectivity index (χ1v) is 6.88. The third-order valence-corrected chi connectivity index (χ3v) is 3.74. The Morgan fingerprint density at radius 1 is 1.32 bits per heavy atom. The summed E-state index contributed by atoms with van der Waals surface area (Å²) in [6.07, 6.45) is 5.38. The molecule has 0 saturated heterocycles. The van der Waals surface area contributed by atoms with Gasteiger partial charge in [0.2, 0.25) is 5.82 Å². The number of fused-ring (bicyclic) bond motifs is 1. The number of nitrogens with one attached hydrogen (secondary N) is 1. The molecule has 0 aromatic carbocycles. The lowest BCUT2D eigenvalue weighted by molar-refractivity contribution is 0.0915. The van der Waals surface area contributed by atoms with Crippen molar-refractivity contribution in [3.05, 3.63) is 23.8 Å². The van der Waals surface area contributed by atoms with Crippen LogP contribution in [0.4, 0.5) is 0 Å². The molecule has 2 aromatic rings. The molecule has 1 aliphatic carbocycles. The molecule has 0 atom stereocenters. The predicted octanol–water partition coefficient (Wildman–Crippen LogP) is 1.28. The number of nitrogens with two attached hydrogens (primary N) is 1. The summed E-state index contributed by atoms with van der Waals surface area (Å²) in [6, 6.07) is 2.26. The first-order valence-electron chi connectivity index (χ1n) is 6.88. The van der Waals surface area contributed by atoms with Crippen LogP contribution in [-0.4, -0.2) is 37.6 Å². The van der Waals surface area contributed by atoms with E-state index in [1.807, 2.05) is 13.0 Å². The fraction of sp³-hybridized carbons (Fsp3) is 0.538. The lowest BCUT2D eigenvalue weighted by Crippen LogP contribution is -2.40. The van der Waals surface area contributed by atoms with E-state index in [1.165, 1.54) is 0 Å². The molecule has 0 aliphatic heterocycles. The Balaban J connectivity index is 0.00000121. The maximum atomic E-state index is 12.2. The van der Waals surface area contributed by atoms with Crippen LogP contribution in [-0.2, 0) is 0 Å². The standard InChI is InChI=1S/C13H18N6O.2ClH/c1-8-6-7-15-13-17-11(18-19(8)13)12(20)16-10-4-2-9(14)3-5-10;;/h6-7,9-10H,2-5,14H2,1H3,(H,16,20);2*1H. The summed E-state index contributed by atoms with van der Waals surface area (Å²) in [5.41, 5.74) is 6.75. The summed E-state index contributed by atoms with van der Waals surface area (Å²) in [5.74, 6) is 0.373. The van der Waals surface area contributed by atoms with E-state index >= 15 is 0 Å². The van der Waals surface area contributed by atoms with Crippen molar-refractivity contribution in [1.82, 2.24) is 24.9 Å². The highest BCUT2D eigenvalue weighted by atomic mass is 35.5. The van der Waals surface area contributed by atoms with Crippen LogP contribution in [0.25, 0.3) is 5.78 Å². The average Bonchev–Trinajstić information content (AvgIpc) is 2.87. The molecule has 3 N–H and O–H groups in total. The van der Waals surface area contributed by atoms with Gasteiger partial charge in [-0.2, -0.15) is 4.98 Å². The Morgan fingerprint density at radius 3 is 2.64 bits per heavy atom. The molecule has 0 radical (unpaired) electrons. The molecule has 1 fully saturated rings. The van der Waals surface area contributed by atoms with Crippen LogP contribution in [0.15, 0.2) is 12.3 Å². The van der Waals surface area contributed by atoms with Gasteiger partial charge in [-0.25, -0.2) is 9.50 Å². The molecule has 2 heterocycles. The summed E-state index contributed by atoms with van der Waals surface area (Å²) >= 11 is 0. The van der Waals surface area contributed by atoms with E-state index in [1.54, 1.807) is 10.7 Å². The van der Waals surface area contributed by atoms with Crippen molar-refractivity contribution in [1.29, 1.82) is 0 Å². The third-order valence-electron chi connectivity index (χ3n) is 3.74. The smallest absolute Gasteiger partial charge is 0.291 e. The summed E-state index contributed by atoms with van der Waals surface area (Å²) in [5, 5.41) is 7.17. The quantitative estimate of drug-likeness (QED) is 0.853. The first kappa shape index (κ1) is 18.6. The zero-order valence-corrected chi connectivity index (χ0v) is 13.9. The summed E-state index contributed by atoms with van der Waals surface area (Å²) < 4.78 is 1.58. The van der Waals surface area contributed by atoms with Gasteiger partial charge < -0.3 is 11.1 Å². The van der Waals surface area contributed by atoms with Gasteiger partial charge in [0.1, 0.15) is 0 Å². The lowest BCUT2D eigenvalue weighted by atomic mass is 9.92. The van der Waals surface area contributed by atoms with Gasteiger partial charge in [-0.3, -0.25) is 4.79 Å². The minimum absolute atomic E-state index is 0. The number of carbonyl (C=O) groups excluding carboxylic acids is 1. The van der Waals surface area contributed by atoms with Gasteiger partial charge in [0.05, 0.1) is 0 Å². The van der Waals surface area contributed by atoms with Crippen molar-refractivity contribution in [3.8, 4) is 0 Å². The van der Waals surface area contributed by atoms with E-state index in [0.29, 0.717) is 5.78 Å². The molecule has 0 spiro atoms. The highest BCUT2D eigenvalue weighted by Crippen LogP contribution is 2.17. The van der Waals surface area contributed by atoms with E-state index in [2.05, 4.69) is 20.4 Å². The Labute approximate surface area is 140 Å². The molecule has 0 unspecified atom stereocenters. The minimum Gasteiger partial charge on any atom is -0.347 e. The van der Waals surface area contributed by atoms with Gasteiger partial charge in [0, 0.05) is 24.0 Å². The summed E-state index contributed by atoms with van der Waals surface area (Å²) in [4.78, 5) is 20.4. The van der Waals surface area contributed by atoms with E-state index in [4.69, 9.17) is 5.73 Å². The predicted molar refractivity (Wildman–Crippen MR) is 87.7 cm³/mol. The number of hydrogen-bond acceptors (Lipinski definition) is 5. The molecule has 9 heteroatoms. The van der Waals surface area contributed by atoms with Crippen molar-refractivity contribution in [2.24, 2.45) is 5.73 Å². The summed E-state index contributed by atoms with van der Waals surface area (Å²) in [7, 11) is 0. The fourth-order valence-corrected chi connectivity index (χ4v) is 2.52. The van der Waals surface area contributed by atoms with Crippen molar-refractivity contribution in [2.45, 2.75) is 44.7 Å². The number of carbonyl (C=O) groups is 1. The largest absolute Gasteiger partial charge is 0.347 e. The molecule has 1 amide bonds. The molecule has 7 nitrogen and oxygen atoms in total. The Kier molecular flexibility index (Phi) is 6.52. The van der Waals surface area contributed by atoms with Crippen LogP contribution in [0.2, 0.25) is 0 Å². The number of halogens is 2. The van der Waals surface area contributed by atoms with Gasteiger partial charge in [0.25, 0.3) is 11.7 Å². The molecular formula is C13H20Cl2N6O. The van der Waals surface area contributed by atoms with Gasteiger partial charge in [-0.15, -0.1) is 29.9 Å². The molecule has 122 valence electrons. The Morgan fingerprint density at radius 2 is 2.00 bits per heavy atom. The molecule has 2 aromatic heterocycles. The van der Waals surface area contributed by atoms with E-state index in [0.717, 1.165) is 31.4 Å². The number of amides is 1. The lowest BCUT2D eigenvalue weighted by Gasteiger charge is -2.26. The number of aryl methyl sites for hydroxylation is 1. The second-order valence-corrected chi connectivity index (χ2v) is 5.32. The average molecular weight is 347 g/mol. The number of hydrogen-bond donors (Lipinski definition) is 2. The Bertz CT molecular complexity index is 638. The minimum atomic E-state index is -0.240. The van der Waals surface area contributed by atoms with Crippen LogP contribution in [0, 0.1) is 6.92 Å². The van der Waals surface area contributed by atoms with Crippen LogP contribution in [0.1, 0.15) is 42.0 Å². The molecule has 1 aliphatic rings. The highest BCUT2D eigenvalue weighted by molar-refractivity contribution is 5.91. The highest BCUT2D eigenvalue weighted by Gasteiger charge is 2.22. The van der Waals surface area contributed by atoms with Crippen molar-refractivity contribution in [2.75, 3.05) is 0 Å². The second-order valence-electron chi connectivity index (χ2n) is 5.32. The van der Waals surface area contributed by atoms with Gasteiger partial charge in [-0.1, -0.05) is 0 Å². The maximum absolute atomic E-state index is 12.2. The maximum Gasteiger partial charge on any atom is 0.291 e. The van der Waals surface area contributed by atoms with Crippen molar-refractivity contribution < 1.29 is 4.79 Å². The molecule has 22 heavy (non-hydrogen) atoms. The zero-order valence-electron chi connectivity index (χ0n) is 12.2. The molecule has 0 bridgehead atoms. The summed E-state index contributed by atoms with van der Waals surface area (Å²) in [6.45, 7) is 1.90. The zero-order chi connectivity index (χ0) is 14.1. The topological polar surface area (TPSA) is 98.2 Å². The molecule has 1 saturated carbocycles. The molecular weight excluding hydrogens is 327 g/mol. The van der Waals surface area contributed by atoms with Gasteiger partial charge >= 0.3 is 0 Å². The van der Waals surface area contributed by atoms with Crippen LogP contribution in [0.5, 0.6) is 0 Å². The Hall–Kier alpha value is -1.44. The van der Waals surface area contributed by atoms with E-state index in [9.17, 15) is 4.79 Å².